The molecule has 2 aliphatic heterocycles. The van der Waals surface area contributed by atoms with E-state index >= 15 is 0 Å². The Labute approximate surface area is 129 Å². The van der Waals surface area contributed by atoms with Crippen LogP contribution in [0.25, 0.3) is 0 Å². The van der Waals surface area contributed by atoms with Gasteiger partial charge in [-0.25, -0.2) is 0 Å². The summed E-state index contributed by atoms with van der Waals surface area (Å²) in [5, 5.41) is 2.84. The van der Waals surface area contributed by atoms with Gasteiger partial charge in [-0.2, -0.15) is 0 Å². The largest absolute Gasteiger partial charge is 0.482 e. The number of amides is 2. The van der Waals surface area contributed by atoms with Crippen LogP contribution in [-0.4, -0.2) is 44.2 Å². The number of aryl methyl sites for hydroxylation is 1. The summed E-state index contributed by atoms with van der Waals surface area (Å²) in [6.07, 6.45) is 2.10. The summed E-state index contributed by atoms with van der Waals surface area (Å²) >= 11 is 0. The Kier molecular flexibility index (Phi) is 4.29. The summed E-state index contributed by atoms with van der Waals surface area (Å²) in [5.74, 6) is 0.251. The van der Waals surface area contributed by atoms with Gasteiger partial charge in [0.1, 0.15) is 12.3 Å². The molecule has 2 aliphatic rings. The minimum Gasteiger partial charge on any atom is -0.482 e. The molecule has 0 unspecified atom stereocenters. The molecule has 1 aromatic carbocycles. The molecule has 2 amide bonds. The summed E-state index contributed by atoms with van der Waals surface area (Å²) in [4.78, 5) is 25.7. The Hall–Kier alpha value is -2.08. The van der Waals surface area contributed by atoms with Gasteiger partial charge < -0.3 is 14.8 Å². The third-order valence-corrected chi connectivity index (χ3v) is 3.91. The fourth-order valence-electron chi connectivity index (χ4n) is 2.72. The maximum atomic E-state index is 12.1. The smallest absolute Gasteiger partial charge is 0.265 e. The molecule has 0 radical (unpaired) electrons. The van der Waals surface area contributed by atoms with E-state index < -0.39 is 0 Å². The molecule has 0 aromatic heterocycles. The average molecular weight is 304 g/mol. The van der Waals surface area contributed by atoms with E-state index in [0.29, 0.717) is 18.0 Å². The van der Waals surface area contributed by atoms with Gasteiger partial charge in [-0.15, -0.1) is 0 Å². The molecule has 0 aliphatic carbocycles. The lowest BCUT2D eigenvalue weighted by Gasteiger charge is -2.29. The van der Waals surface area contributed by atoms with E-state index in [1.54, 1.807) is 0 Å². The fraction of sp³-hybridized carbons (Fsp3) is 0.500. The molecule has 1 saturated heterocycles. The Bertz CT molecular complexity index is 582. The van der Waals surface area contributed by atoms with Crippen molar-refractivity contribution < 1.29 is 19.1 Å². The molecule has 118 valence electrons. The van der Waals surface area contributed by atoms with Gasteiger partial charge >= 0.3 is 0 Å². The highest BCUT2D eigenvalue weighted by Crippen LogP contribution is 2.32. The summed E-state index contributed by atoms with van der Waals surface area (Å²) in [6.45, 7) is 3.17. The van der Waals surface area contributed by atoms with E-state index in [0.717, 1.165) is 25.0 Å². The number of hydrogen-bond acceptors (Lipinski definition) is 4. The zero-order valence-corrected chi connectivity index (χ0v) is 12.6. The molecule has 3 rings (SSSR count). The van der Waals surface area contributed by atoms with Gasteiger partial charge in [0.2, 0.25) is 5.91 Å². The lowest BCUT2D eigenvalue weighted by molar-refractivity contribution is -0.125. The van der Waals surface area contributed by atoms with E-state index in [4.69, 9.17) is 9.47 Å². The number of benzene rings is 1. The van der Waals surface area contributed by atoms with E-state index in [2.05, 4.69) is 5.32 Å². The van der Waals surface area contributed by atoms with Gasteiger partial charge in [0, 0.05) is 13.2 Å². The van der Waals surface area contributed by atoms with E-state index in [1.165, 1.54) is 4.90 Å². The molecule has 6 heteroatoms. The van der Waals surface area contributed by atoms with Crippen LogP contribution in [0, 0.1) is 6.92 Å². The van der Waals surface area contributed by atoms with Crippen molar-refractivity contribution in [3.8, 4) is 5.75 Å². The molecule has 2 heterocycles. The number of fused-ring (bicyclic) bond motifs is 1. The quantitative estimate of drug-likeness (QED) is 0.901. The molecule has 1 N–H and O–H groups in total. The van der Waals surface area contributed by atoms with Crippen LogP contribution in [-0.2, 0) is 14.3 Å². The molecule has 22 heavy (non-hydrogen) atoms. The number of carbonyl (C=O) groups excluding carboxylic acids is 2. The summed E-state index contributed by atoms with van der Waals surface area (Å²) in [6, 6.07) is 5.61. The van der Waals surface area contributed by atoms with Crippen molar-refractivity contribution in [2.24, 2.45) is 0 Å². The lowest BCUT2D eigenvalue weighted by atomic mass is 10.1. The van der Waals surface area contributed by atoms with E-state index in [9.17, 15) is 9.59 Å². The van der Waals surface area contributed by atoms with Crippen molar-refractivity contribution in [2.45, 2.75) is 25.9 Å². The van der Waals surface area contributed by atoms with Crippen LogP contribution >= 0.6 is 0 Å². The van der Waals surface area contributed by atoms with Crippen LogP contribution in [0.1, 0.15) is 18.4 Å². The first-order chi connectivity index (χ1) is 10.6. The minimum absolute atomic E-state index is 0.00532. The number of nitrogens with one attached hydrogen (secondary N) is 1. The molecule has 0 saturated carbocycles. The first-order valence-electron chi connectivity index (χ1n) is 7.55. The molecule has 1 fully saturated rings. The number of hydrogen-bond donors (Lipinski definition) is 1. The van der Waals surface area contributed by atoms with E-state index in [1.807, 2.05) is 25.1 Å². The molecular weight excluding hydrogens is 284 g/mol. The summed E-state index contributed by atoms with van der Waals surface area (Å²) < 4.78 is 10.9. The first-order valence-corrected chi connectivity index (χ1v) is 7.55. The van der Waals surface area contributed by atoms with Crippen LogP contribution in [0.5, 0.6) is 5.75 Å². The number of carbonyl (C=O) groups is 2. The monoisotopic (exact) mass is 304 g/mol. The van der Waals surface area contributed by atoms with Crippen LogP contribution < -0.4 is 15.0 Å². The second-order valence-electron chi connectivity index (χ2n) is 5.68. The van der Waals surface area contributed by atoms with Crippen LogP contribution in [0.4, 0.5) is 5.69 Å². The molecule has 1 aromatic rings. The maximum Gasteiger partial charge on any atom is 0.265 e. The molecule has 0 bridgehead atoms. The predicted octanol–water partition coefficient (Wildman–Crippen LogP) is 1.02. The Morgan fingerprint density at radius 3 is 3.09 bits per heavy atom. The minimum atomic E-state index is -0.203. The highest BCUT2D eigenvalue weighted by molar-refractivity contribution is 6.02. The second kappa shape index (κ2) is 6.36. The Balaban J connectivity index is 1.64. The standard InChI is InChI=1S/C16H20N2O4/c1-11-4-5-14-13(7-11)18(16(20)10-22-14)9-15(19)17-8-12-3-2-6-21-12/h4-5,7,12H,2-3,6,8-10H2,1H3,(H,17,19)/t12-/m0/s1. The van der Waals surface area contributed by atoms with Crippen molar-refractivity contribution in [1.29, 1.82) is 0 Å². The normalized spacial score (nSPS) is 20.5. The van der Waals surface area contributed by atoms with Crippen LogP contribution in [0.15, 0.2) is 18.2 Å². The maximum absolute atomic E-state index is 12.1. The highest BCUT2D eigenvalue weighted by atomic mass is 16.5. The first kappa shape index (κ1) is 14.8. The Morgan fingerprint density at radius 1 is 1.45 bits per heavy atom. The molecule has 1 atom stereocenters. The van der Waals surface area contributed by atoms with Gasteiger partial charge in [0.05, 0.1) is 11.8 Å². The number of nitrogens with zero attached hydrogens (tertiary/aromatic N) is 1. The summed E-state index contributed by atoms with van der Waals surface area (Å²) in [7, 11) is 0. The van der Waals surface area contributed by atoms with Gasteiger partial charge in [0.15, 0.2) is 6.61 Å². The number of ether oxygens (including phenoxy) is 2. The Morgan fingerprint density at radius 2 is 2.32 bits per heavy atom. The van der Waals surface area contributed by atoms with Crippen molar-refractivity contribution in [2.75, 3.05) is 31.2 Å². The van der Waals surface area contributed by atoms with E-state index in [-0.39, 0.29) is 31.1 Å². The van der Waals surface area contributed by atoms with Gasteiger partial charge in [0.25, 0.3) is 5.91 Å². The number of rotatable bonds is 4. The predicted molar refractivity (Wildman–Crippen MR) is 81.0 cm³/mol. The van der Waals surface area contributed by atoms with Crippen LogP contribution in [0.2, 0.25) is 0 Å². The summed E-state index contributed by atoms with van der Waals surface area (Å²) in [5.41, 5.74) is 1.67. The highest BCUT2D eigenvalue weighted by Gasteiger charge is 2.27. The van der Waals surface area contributed by atoms with Crippen molar-refractivity contribution in [3.63, 3.8) is 0 Å². The topological polar surface area (TPSA) is 67.9 Å². The SMILES string of the molecule is Cc1ccc2c(c1)N(CC(=O)NC[C@@H]1CCCO1)C(=O)CO2. The van der Waals surface area contributed by atoms with Crippen molar-refractivity contribution >= 4 is 17.5 Å². The molecule has 0 spiro atoms. The third-order valence-electron chi connectivity index (χ3n) is 3.91. The van der Waals surface area contributed by atoms with Gasteiger partial charge in [-0.1, -0.05) is 6.07 Å². The zero-order chi connectivity index (χ0) is 15.5. The second-order valence-corrected chi connectivity index (χ2v) is 5.68. The molecule has 6 nitrogen and oxygen atoms in total. The van der Waals surface area contributed by atoms with Gasteiger partial charge in [-0.05, 0) is 37.5 Å². The number of anilines is 1. The van der Waals surface area contributed by atoms with Crippen molar-refractivity contribution in [1.82, 2.24) is 5.32 Å². The average Bonchev–Trinajstić information content (AvgIpc) is 3.02. The van der Waals surface area contributed by atoms with Crippen LogP contribution in [0.3, 0.4) is 0 Å². The molecular formula is C16H20N2O4. The lowest BCUT2D eigenvalue weighted by Crippen LogP contribution is -2.46. The van der Waals surface area contributed by atoms with Gasteiger partial charge in [-0.3, -0.25) is 14.5 Å². The fourth-order valence-corrected chi connectivity index (χ4v) is 2.72. The zero-order valence-electron chi connectivity index (χ0n) is 12.6. The third kappa shape index (κ3) is 3.22. The van der Waals surface area contributed by atoms with Crippen molar-refractivity contribution in [3.05, 3.63) is 23.8 Å².